The molecular weight excluding hydrogens is 555 g/mol. The van der Waals surface area contributed by atoms with Gasteiger partial charge in [0.15, 0.2) is 0 Å². The van der Waals surface area contributed by atoms with E-state index >= 15 is 0 Å². The molecule has 0 spiro atoms. The van der Waals surface area contributed by atoms with Gasteiger partial charge in [-0.3, -0.25) is 9.98 Å². The molecule has 42 heavy (non-hydrogen) atoms. The number of unbranched alkanes of at least 4 members (excludes halogenated alkanes) is 13. The van der Waals surface area contributed by atoms with E-state index in [4.69, 9.17) is 9.98 Å². The number of hydrogen-bond acceptors (Lipinski definition) is 2. The van der Waals surface area contributed by atoms with Crippen LogP contribution in [0.4, 0.5) is 11.4 Å². The number of nitrogens with zero attached hydrogens (tertiary/aromatic N) is 2. The molecule has 2 nitrogen and oxygen atoms in total. The summed E-state index contributed by atoms with van der Waals surface area (Å²) < 4.78 is 0. The summed E-state index contributed by atoms with van der Waals surface area (Å²) in [5, 5.41) is 0. The zero-order valence-corrected chi connectivity index (χ0v) is 28.7. The molecule has 0 heterocycles. The minimum absolute atomic E-state index is 0. The van der Waals surface area contributed by atoms with Crippen molar-refractivity contribution in [2.24, 2.45) is 9.98 Å². The summed E-state index contributed by atoms with van der Waals surface area (Å²) in [5.74, 6) is 0. The van der Waals surface area contributed by atoms with Crippen molar-refractivity contribution >= 4 is 22.8 Å². The molecule has 0 amide bonds. The molecule has 0 atom stereocenters. The number of hydrogen-bond donors (Lipinski definition) is 0. The first-order valence-electron chi connectivity index (χ1n) is 17.5. The zero-order chi connectivity index (χ0) is 29.4. The summed E-state index contributed by atoms with van der Waals surface area (Å²) in [5.41, 5.74) is 7.39. The smallest absolute Gasteiger partial charge is 0.0633 e. The molecule has 0 aliphatic heterocycles. The van der Waals surface area contributed by atoms with Crippen LogP contribution < -0.4 is 0 Å². The van der Waals surface area contributed by atoms with Gasteiger partial charge in [0.2, 0.25) is 0 Å². The minimum atomic E-state index is 0. The van der Waals surface area contributed by atoms with Gasteiger partial charge in [0.25, 0.3) is 0 Å². The van der Waals surface area contributed by atoms with Gasteiger partial charge in [-0.1, -0.05) is 135 Å². The Balaban J connectivity index is 0.00000882. The molecule has 0 aliphatic rings. The quantitative estimate of drug-likeness (QED) is 0.0636. The van der Waals surface area contributed by atoms with E-state index in [2.05, 4.69) is 76.2 Å². The van der Waals surface area contributed by atoms with Crippen LogP contribution in [0, 0.1) is 0 Å². The van der Waals surface area contributed by atoms with Crippen molar-refractivity contribution in [2.45, 2.75) is 163 Å². The summed E-state index contributed by atoms with van der Waals surface area (Å²) in [6.45, 7) is 9.11. The Morgan fingerprint density at radius 2 is 0.738 bits per heavy atom. The molecular formula is C39H62N2Ni. The van der Waals surface area contributed by atoms with Crippen LogP contribution in [0.3, 0.4) is 0 Å². The second-order valence-electron chi connectivity index (χ2n) is 12.0. The number of rotatable bonds is 24. The van der Waals surface area contributed by atoms with Crippen molar-refractivity contribution in [3.8, 4) is 0 Å². The minimum Gasteiger partial charge on any atom is -0.252 e. The first kappa shape index (κ1) is 38.3. The largest absolute Gasteiger partial charge is 0.252 e. The van der Waals surface area contributed by atoms with E-state index < -0.39 is 0 Å². The second kappa shape index (κ2) is 25.7. The zero-order valence-electron chi connectivity index (χ0n) is 27.7. The van der Waals surface area contributed by atoms with Crippen LogP contribution in [0.25, 0.3) is 0 Å². The van der Waals surface area contributed by atoms with E-state index in [1.165, 1.54) is 138 Å². The van der Waals surface area contributed by atoms with Gasteiger partial charge in [0.1, 0.15) is 0 Å². The molecule has 0 saturated carbocycles. The predicted octanol–water partition coefficient (Wildman–Crippen LogP) is 13.1. The maximum atomic E-state index is 5.23. The third-order valence-corrected chi connectivity index (χ3v) is 8.16. The Morgan fingerprint density at radius 3 is 1.14 bits per heavy atom. The Morgan fingerprint density at radius 1 is 0.405 bits per heavy atom. The molecule has 0 bridgehead atoms. The Kier molecular flexibility index (Phi) is 23.5. The van der Waals surface area contributed by atoms with Gasteiger partial charge in [-0.05, 0) is 86.8 Å². The molecule has 0 N–H and O–H groups in total. The first-order chi connectivity index (χ1) is 20.2. The van der Waals surface area contributed by atoms with Crippen molar-refractivity contribution in [1.82, 2.24) is 0 Å². The predicted molar refractivity (Wildman–Crippen MR) is 185 cm³/mol. The summed E-state index contributed by atoms with van der Waals surface area (Å²) in [6.07, 6.45) is 26.5. The van der Waals surface area contributed by atoms with Crippen molar-refractivity contribution < 1.29 is 16.5 Å². The fourth-order valence-corrected chi connectivity index (χ4v) is 5.42. The Labute approximate surface area is 270 Å². The molecule has 0 aliphatic carbocycles. The Hall–Kier alpha value is -1.73. The summed E-state index contributed by atoms with van der Waals surface area (Å²) >= 11 is 0. The van der Waals surface area contributed by atoms with Crippen molar-refractivity contribution in [3.05, 3.63) is 59.7 Å². The van der Waals surface area contributed by atoms with Gasteiger partial charge >= 0.3 is 0 Å². The van der Waals surface area contributed by atoms with Gasteiger partial charge in [-0.15, -0.1) is 0 Å². The molecule has 0 fully saturated rings. The summed E-state index contributed by atoms with van der Waals surface area (Å²) in [7, 11) is 0. The Bertz CT molecular complexity index is 959. The van der Waals surface area contributed by atoms with Crippen molar-refractivity contribution in [1.29, 1.82) is 0 Å². The molecule has 0 aromatic heterocycles. The number of aliphatic imine (C=N–C) groups is 2. The summed E-state index contributed by atoms with van der Waals surface area (Å²) in [4.78, 5) is 10.4. The molecule has 2 rings (SSSR count). The third kappa shape index (κ3) is 17.4. The second-order valence-corrected chi connectivity index (χ2v) is 12.0. The van der Waals surface area contributed by atoms with Gasteiger partial charge in [-0.25, -0.2) is 0 Å². The number of benzene rings is 2. The molecule has 2 aromatic carbocycles. The van der Waals surface area contributed by atoms with E-state index in [1.54, 1.807) is 0 Å². The SMILES string of the molecule is CCCCCCCCc1ccc(/N=C(CCCC)/C(CCCCC)=N/c2ccc(CCCCCCCC)cc2)cc1.[Ni]. The van der Waals surface area contributed by atoms with Crippen molar-refractivity contribution in [2.75, 3.05) is 0 Å². The van der Waals surface area contributed by atoms with Crippen LogP contribution in [-0.4, -0.2) is 11.4 Å². The van der Waals surface area contributed by atoms with E-state index in [9.17, 15) is 0 Å². The molecule has 0 radical (unpaired) electrons. The summed E-state index contributed by atoms with van der Waals surface area (Å²) in [6, 6.07) is 18.1. The van der Waals surface area contributed by atoms with Gasteiger partial charge < -0.3 is 0 Å². The van der Waals surface area contributed by atoms with Crippen LogP contribution in [0.15, 0.2) is 58.5 Å². The average molecular weight is 618 g/mol. The van der Waals surface area contributed by atoms with Crippen molar-refractivity contribution in [3.63, 3.8) is 0 Å². The van der Waals surface area contributed by atoms with Crippen LogP contribution in [-0.2, 0) is 29.3 Å². The molecule has 2 aromatic rings. The maximum absolute atomic E-state index is 5.23. The van der Waals surface area contributed by atoms with Gasteiger partial charge in [0, 0.05) is 16.5 Å². The van der Waals surface area contributed by atoms with Gasteiger partial charge in [-0.2, -0.15) is 0 Å². The molecule has 0 unspecified atom stereocenters. The van der Waals surface area contributed by atoms with Crippen LogP contribution >= 0.6 is 0 Å². The molecule has 3 heteroatoms. The topological polar surface area (TPSA) is 24.7 Å². The first-order valence-corrected chi connectivity index (χ1v) is 17.5. The monoisotopic (exact) mass is 616 g/mol. The fraction of sp³-hybridized carbons (Fsp3) is 0.641. The number of aryl methyl sites for hydroxylation is 2. The maximum Gasteiger partial charge on any atom is 0.0633 e. The van der Waals surface area contributed by atoms with E-state index in [0.29, 0.717) is 0 Å². The molecule has 238 valence electrons. The average Bonchev–Trinajstić information content (AvgIpc) is 3.00. The third-order valence-electron chi connectivity index (χ3n) is 8.16. The van der Waals surface area contributed by atoms with Crippen LogP contribution in [0.5, 0.6) is 0 Å². The fourth-order valence-electron chi connectivity index (χ4n) is 5.42. The molecule has 0 saturated heterocycles. The van der Waals surface area contributed by atoms with E-state index in [0.717, 1.165) is 30.6 Å². The van der Waals surface area contributed by atoms with Gasteiger partial charge in [0.05, 0.1) is 22.8 Å². The van der Waals surface area contributed by atoms with E-state index in [-0.39, 0.29) is 16.5 Å². The standard InChI is InChI=1S/C39H62N2.Ni/c1-5-9-13-15-17-20-22-34-26-30-36(31-27-34)40-38(24-12-8-4)39(25-19-11-7-3)41-37-32-28-35(29-33-37)23-21-18-16-14-10-6-2;/h26-33H,5-25H2,1-4H3;/b40-38+,41-39+;. The van der Waals surface area contributed by atoms with Crippen LogP contribution in [0.2, 0.25) is 0 Å². The normalized spacial score (nSPS) is 12.0. The van der Waals surface area contributed by atoms with Crippen LogP contribution in [0.1, 0.15) is 161 Å². The van der Waals surface area contributed by atoms with E-state index in [1.807, 2.05) is 0 Å².